The van der Waals surface area contributed by atoms with E-state index >= 15 is 0 Å². The van der Waals surface area contributed by atoms with E-state index in [0.717, 1.165) is 0 Å². The summed E-state index contributed by atoms with van der Waals surface area (Å²) in [6, 6.07) is 7.07. The molecule has 0 aliphatic heterocycles. The summed E-state index contributed by atoms with van der Waals surface area (Å²) in [7, 11) is 0. The summed E-state index contributed by atoms with van der Waals surface area (Å²) in [6.45, 7) is 0. The van der Waals surface area contributed by atoms with Gasteiger partial charge in [-0.15, -0.1) is 0 Å². The van der Waals surface area contributed by atoms with E-state index < -0.39 is 10.8 Å². The van der Waals surface area contributed by atoms with Crippen LogP contribution >= 0.6 is 15.9 Å². The lowest BCUT2D eigenvalue weighted by atomic mass is 10.1. The van der Waals surface area contributed by atoms with Crippen molar-refractivity contribution >= 4 is 27.5 Å². The largest absolute Gasteiger partial charge is 0.451 e. The number of benzene rings is 1. The minimum Gasteiger partial charge on any atom is -0.451 e. The highest BCUT2D eigenvalue weighted by Gasteiger charge is 2.15. The van der Waals surface area contributed by atoms with E-state index in [1.165, 1.54) is 35.8 Å². The Labute approximate surface area is 115 Å². The van der Waals surface area contributed by atoms with Crippen LogP contribution in [0.1, 0.15) is 10.6 Å². The number of nitro groups is 1. The van der Waals surface area contributed by atoms with E-state index in [-0.39, 0.29) is 11.4 Å². The quantitative estimate of drug-likeness (QED) is 0.512. The first kappa shape index (κ1) is 13.2. The van der Waals surface area contributed by atoms with E-state index in [1.54, 1.807) is 0 Å². The maximum atomic E-state index is 11.1. The molecule has 1 aromatic heterocycles. The molecule has 1 heterocycles. The SMILES string of the molecule is O=C(NO)c1ccc(-c2ccc([N+](=O)[O-])cc2Br)o1. The van der Waals surface area contributed by atoms with Gasteiger partial charge in [-0.1, -0.05) is 0 Å². The first-order valence-electron chi connectivity index (χ1n) is 5.01. The van der Waals surface area contributed by atoms with Gasteiger partial charge < -0.3 is 4.42 Å². The van der Waals surface area contributed by atoms with Crippen LogP contribution in [0.4, 0.5) is 5.69 Å². The van der Waals surface area contributed by atoms with Gasteiger partial charge in [-0.25, -0.2) is 5.48 Å². The summed E-state index contributed by atoms with van der Waals surface area (Å²) in [6.07, 6.45) is 0. The van der Waals surface area contributed by atoms with Crippen molar-refractivity contribution in [1.82, 2.24) is 5.48 Å². The number of nitrogens with zero attached hydrogens (tertiary/aromatic N) is 1. The molecule has 0 aliphatic rings. The Kier molecular flexibility index (Phi) is 3.63. The van der Waals surface area contributed by atoms with Gasteiger partial charge in [0.25, 0.3) is 5.69 Å². The minimum atomic E-state index is -0.774. The number of amides is 1. The van der Waals surface area contributed by atoms with Gasteiger partial charge in [0, 0.05) is 22.2 Å². The molecule has 0 atom stereocenters. The number of carbonyl (C=O) groups is 1. The molecule has 0 spiro atoms. The van der Waals surface area contributed by atoms with Gasteiger partial charge in [-0.05, 0) is 34.1 Å². The normalized spacial score (nSPS) is 10.2. The van der Waals surface area contributed by atoms with Gasteiger partial charge in [0.05, 0.1) is 4.92 Å². The number of hydrogen-bond acceptors (Lipinski definition) is 5. The van der Waals surface area contributed by atoms with Crippen molar-refractivity contribution in [3.63, 3.8) is 0 Å². The van der Waals surface area contributed by atoms with Gasteiger partial charge in [-0.3, -0.25) is 20.1 Å². The topological polar surface area (TPSA) is 106 Å². The van der Waals surface area contributed by atoms with Gasteiger partial charge >= 0.3 is 5.91 Å². The molecule has 2 N–H and O–H groups in total. The molecular formula is C11H7BrN2O5. The highest BCUT2D eigenvalue weighted by Crippen LogP contribution is 2.32. The first-order valence-corrected chi connectivity index (χ1v) is 5.81. The van der Waals surface area contributed by atoms with Crippen LogP contribution in [0.2, 0.25) is 0 Å². The maximum absolute atomic E-state index is 11.1. The summed E-state index contributed by atoms with van der Waals surface area (Å²) in [5.41, 5.74) is 1.95. The molecule has 0 aliphatic carbocycles. The van der Waals surface area contributed by atoms with Crippen LogP contribution in [-0.2, 0) is 0 Å². The summed E-state index contributed by atoms with van der Waals surface area (Å²) in [4.78, 5) is 21.2. The fourth-order valence-corrected chi connectivity index (χ4v) is 2.04. The second-order valence-electron chi connectivity index (χ2n) is 3.53. The number of nitrogens with one attached hydrogen (secondary N) is 1. The van der Waals surface area contributed by atoms with Crippen LogP contribution in [0.15, 0.2) is 39.2 Å². The molecule has 19 heavy (non-hydrogen) atoms. The van der Waals surface area contributed by atoms with Crippen molar-refractivity contribution in [3.8, 4) is 11.3 Å². The lowest BCUT2D eigenvalue weighted by Crippen LogP contribution is -2.17. The third kappa shape index (κ3) is 2.64. The van der Waals surface area contributed by atoms with Crippen LogP contribution in [0.5, 0.6) is 0 Å². The Morgan fingerprint density at radius 3 is 2.68 bits per heavy atom. The Hall–Kier alpha value is -2.19. The number of non-ortho nitro benzene ring substituents is 1. The summed E-state index contributed by atoms with van der Waals surface area (Å²) in [5, 5.41) is 19.1. The number of hydroxylamine groups is 1. The number of rotatable bonds is 3. The molecule has 0 saturated carbocycles. The van der Waals surface area contributed by atoms with E-state index in [0.29, 0.717) is 15.8 Å². The third-order valence-corrected chi connectivity index (χ3v) is 3.02. The van der Waals surface area contributed by atoms with Crippen LogP contribution in [-0.4, -0.2) is 16.0 Å². The van der Waals surface area contributed by atoms with Gasteiger partial charge in [0.15, 0.2) is 5.76 Å². The third-order valence-electron chi connectivity index (χ3n) is 2.36. The molecule has 1 aromatic carbocycles. The molecule has 2 aromatic rings. The van der Waals surface area contributed by atoms with Gasteiger partial charge in [0.1, 0.15) is 5.76 Å². The average Bonchev–Trinajstić information content (AvgIpc) is 2.87. The molecule has 0 saturated heterocycles. The molecule has 0 radical (unpaired) electrons. The molecule has 0 unspecified atom stereocenters. The predicted octanol–water partition coefficient (Wildman–Crippen LogP) is 2.74. The molecule has 7 nitrogen and oxygen atoms in total. The van der Waals surface area contributed by atoms with Crippen molar-refractivity contribution in [2.45, 2.75) is 0 Å². The molecule has 0 fully saturated rings. The van der Waals surface area contributed by atoms with Crippen molar-refractivity contribution < 1.29 is 19.3 Å². The number of carbonyl (C=O) groups excluding carboxylic acids is 1. The van der Waals surface area contributed by atoms with E-state index in [9.17, 15) is 14.9 Å². The van der Waals surface area contributed by atoms with Crippen molar-refractivity contribution in [2.75, 3.05) is 0 Å². The average molecular weight is 327 g/mol. The van der Waals surface area contributed by atoms with E-state index in [4.69, 9.17) is 9.62 Å². The van der Waals surface area contributed by atoms with Crippen LogP contribution in [0.25, 0.3) is 11.3 Å². The zero-order valence-corrected chi connectivity index (χ0v) is 10.9. The number of nitro benzene ring substituents is 1. The zero-order chi connectivity index (χ0) is 14.0. The van der Waals surface area contributed by atoms with E-state index in [1.807, 2.05) is 0 Å². The smallest absolute Gasteiger partial charge is 0.310 e. The van der Waals surface area contributed by atoms with Gasteiger partial charge in [-0.2, -0.15) is 0 Å². The number of hydrogen-bond donors (Lipinski definition) is 2. The minimum absolute atomic E-state index is 0.0597. The highest BCUT2D eigenvalue weighted by molar-refractivity contribution is 9.10. The zero-order valence-electron chi connectivity index (χ0n) is 9.29. The Morgan fingerprint density at radius 2 is 2.11 bits per heavy atom. The Morgan fingerprint density at radius 1 is 1.37 bits per heavy atom. The molecule has 8 heteroatoms. The van der Waals surface area contributed by atoms with Crippen LogP contribution in [0, 0.1) is 10.1 Å². The van der Waals surface area contributed by atoms with Crippen molar-refractivity contribution in [1.29, 1.82) is 0 Å². The fourth-order valence-electron chi connectivity index (χ4n) is 1.48. The standard InChI is InChI=1S/C11H7BrN2O5/c12-8-5-6(14(17)18)1-2-7(8)9-3-4-10(19-9)11(15)13-16/h1-5,16H,(H,13,15). The highest BCUT2D eigenvalue weighted by atomic mass is 79.9. The summed E-state index contributed by atoms with van der Waals surface area (Å²) < 4.78 is 5.70. The second kappa shape index (κ2) is 5.21. The molecule has 0 bridgehead atoms. The predicted molar refractivity (Wildman–Crippen MR) is 67.8 cm³/mol. The second-order valence-corrected chi connectivity index (χ2v) is 4.38. The Balaban J connectivity index is 2.39. The van der Waals surface area contributed by atoms with Crippen molar-refractivity contribution in [2.24, 2.45) is 0 Å². The van der Waals surface area contributed by atoms with E-state index in [2.05, 4.69) is 15.9 Å². The summed E-state index contributed by atoms with van der Waals surface area (Å²) in [5.74, 6) is -0.493. The molecular weight excluding hydrogens is 320 g/mol. The molecule has 1 amide bonds. The lowest BCUT2D eigenvalue weighted by molar-refractivity contribution is -0.384. The number of furan rings is 1. The fraction of sp³-hybridized carbons (Fsp3) is 0. The first-order chi connectivity index (χ1) is 9.02. The monoisotopic (exact) mass is 326 g/mol. The maximum Gasteiger partial charge on any atom is 0.310 e. The Bertz CT molecular complexity index is 652. The molecule has 98 valence electrons. The number of halogens is 1. The van der Waals surface area contributed by atoms with Crippen LogP contribution < -0.4 is 5.48 Å². The van der Waals surface area contributed by atoms with Crippen LogP contribution in [0.3, 0.4) is 0 Å². The van der Waals surface area contributed by atoms with Crippen molar-refractivity contribution in [3.05, 3.63) is 50.7 Å². The summed E-state index contributed by atoms with van der Waals surface area (Å²) >= 11 is 3.20. The lowest BCUT2D eigenvalue weighted by Gasteiger charge is -2.01. The molecule has 2 rings (SSSR count). The van der Waals surface area contributed by atoms with Gasteiger partial charge in [0.2, 0.25) is 0 Å².